The van der Waals surface area contributed by atoms with Crippen LogP contribution in [0.4, 0.5) is 5.69 Å². The lowest BCUT2D eigenvalue weighted by Crippen LogP contribution is -2.37. The van der Waals surface area contributed by atoms with E-state index in [1.165, 1.54) is 15.8 Å². The first-order chi connectivity index (χ1) is 7.84. The Morgan fingerprint density at radius 3 is 2.71 bits per heavy atom. The van der Waals surface area contributed by atoms with Gasteiger partial charge in [-0.05, 0) is 22.9 Å². The molecule has 1 amide bonds. The van der Waals surface area contributed by atoms with Crippen molar-refractivity contribution in [2.24, 2.45) is 7.05 Å². The van der Waals surface area contributed by atoms with Gasteiger partial charge in [0.05, 0.1) is 11.9 Å². The van der Waals surface area contributed by atoms with Crippen LogP contribution >= 0.6 is 15.9 Å². The van der Waals surface area contributed by atoms with E-state index in [1.807, 2.05) is 0 Å². The predicted octanol–water partition coefficient (Wildman–Crippen LogP) is 0.431. The van der Waals surface area contributed by atoms with Gasteiger partial charge in [-0.3, -0.25) is 9.59 Å². The maximum Gasteiger partial charge on any atom is 0.282 e. The molecule has 0 saturated heterocycles. The van der Waals surface area contributed by atoms with Crippen LogP contribution in [0.5, 0.6) is 0 Å². The third-order valence-corrected chi connectivity index (χ3v) is 3.03. The molecule has 17 heavy (non-hydrogen) atoms. The highest BCUT2D eigenvalue weighted by molar-refractivity contribution is 9.10. The summed E-state index contributed by atoms with van der Waals surface area (Å²) in [5.74, 6) is -0.0717. The van der Waals surface area contributed by atoms with Crippen LogP contribution in [-0.4, -0.2) is 40.7 Å². The van der Waals surface area contributed by atoms with Crippen molar-refractivity contribution in [1.82, 2.24) is 14.7 Å². The lowest BCUT2D eigenvalue weighted by molar-refractivity contribution is -0.129. The second-order valence-corrected chi connectivity index (χ2v) is 4.69. The molecule has 0 aliphatic rings. The molecule has 1 atom stereocenters. The van der Waals surface area contributed by atoms with E-state index in [0.717, 1.165) is 0 Å². The fraction of sp³-hybridized carbons (Fsp3) is 0.500. The van der Waals surface area contributed by atoms with E-state index >= 15 is 0 Å². The Labute approximate surface area is 108 Å². The van der Waals surface area contributed by atoms with Crippen LogP contribution < -0.4 is 10.9 Å². The minimum Gasteiger partial charge on any atom is -0.372 e. The number of halogens is 1. The fourth-order valence-corrected chi connectivity index (χ4v) is 1.77. The van der Waals surface area contributed by atoms with Crippen molar-refractivity contribution in [1.29, 1.82) is 0 Å². The molecular formula is C10H15BrN4O2. The first kappa shape index (κ1) is 13.7. The van der Waals surface area contributed by atoms with Gasteiger partial charge < -0.3 is 10.2 Å². The molecule has 1 aromatic heterocycles. The average molecular weight is 303 g/mol. The molecule has 6 nitrogen and oxygen atoms in total. The zero-order valence-electron chi connectivity index (χ0n) is 10.2. The van der Waals surface area contributed by atoms with E-state index in [9.17, 15) is 9.59 Å². The molecule has 94 valence electrons. The van der Waals surface area contributed by atoms with E-state index in [4.69, 9.17) is 0 Å². The van der Waals surface area contributed by atoms with Gasteiger partial charge in [-0.15, -0.1) is 0 Å². The number of amides is 1. The highest BCUT2D eigenvalue weighted by Gasteiger charge is 2.16. The zero-order chi connectivity index (χ0) is 13.2. The zero-order valence-corrected chi connectivity index (χ0v) is 11.8. The Hall–Kier alpha value is -1.37. The van der Waals surface area contributed by atoms with Gasteiger partial charge in [-0.25, -0.2) is 4.68 Å². The number of aryl methyl sites for hydroxylation is 1. The van der Waals surface area contributed by atoms with E-state index in [-0.39, 0.29) is 11.5 Å². The maximum absolute atomic E-state index is 11.7. The Morgan fingerprint density at radius 1 is 1.59 bits per heavy atom. The number of carbonyl (C=O) groups excluding carboxylic acids is 1. The van der Waals surface area contributed by atoms with Crippen LogP contribution in [-0.2, 0) is 11.8 Å². The summed E-state index contributed by atoms with van der Waals surface area (Å²) in [6.07, 6.45) is 1.50. The summed E-state index contributed by atoms with van der Waals surface area (Å²) in [4.78, 5) is 24.7. The van der Waals surface area contributed by atoms with Gasteiger partial charge in [-0.1, -0.05) is 0 Å². The summed E-state index contributed by atoms with van der Waals surface area (Å²) in [5, 5.41) is 6.83. The molecule has 0 fully saturated rings. The first-order valence-corrected chi connectivity index (χ1v) is 5.83. The predicted molar refractivity (Wildman–Crippen MR) is 69.0 cm³/mol. The van der Waals surface area contributed by atoms with Crippen LogP contribution in [0.3, 0.4) is 0 Å². The minimum absolute atomic E-state index is 0.0717. The van der Waals surface area contributed by atoms with Crippen LogP contribution in [0.15, 0.2) is 15.5 Å². The lowest BCUT2D eigenvalue weighted by Gasteiger charge is -2.19. The van der Waals surface area contributed by atoms with Crippen molar-refractivity contribution >= 4 is 27.5 Å². The van der Waals surface area contributed by atoms with Gasteiger partial charge in [0.1, 0.15) is 10.5 Å². The standard InChI is InChI=1S/C10H15BrN4O2/c1-6(9(16)14(2)3)13-7-5-12-15(4)10(17)8(7)11/h5-6,13H,1-4H3. The molecule has 1 rings (SSSR count). The van der Waals surface area contributed by atoms with Gasteiger partial charge in [-0.2, -0.15) is 5.10 Å². The number of nitrogens with zero attached hydrogens (tertiary/aromatic N) is 3. The third-order valence-electron chi connectivity index (χ3n) is 2.26. The molecule has 0 bridgehead atoms. The normalized spacial score (nSPS) is 12.1. The highest BCUT2D eigenvalue weighted by Crippen LogP contribution is 2.17. The molecule has 0 radical (unpaired) electrons. The van der Waals surface area contributed by atoms with Gasteiger partial charge in [0.2, 0.25) is 5.91 Å². The Balaban J connectivity index is 2.94. The first-order valence-electron chi connectivity index (χ1n) is 5.04. The largest absolute Gasteiger partial charge is 0.372 e. The molecule has 0 aromatic carbocycles. The average Bonchev–Trinajstić information content (AvgIpc) is 2.28. The minimum atomic E-state index is -0.421. The number of hydrogen-bond donors (Lipinski definition) is 1. The van der Waals surface area contributed by atoms with Crippen molar-refractivity contribution in [2.45, 2.75) is 13.0 Å². The van der Waals surface area contributed by atoms with Crippen molar-refractivity contribution in [3.8, 4) is 0 Å². The molecule has 1 N–H and O–H groups in total. The van der Waals surface area contributed by atoms with E-state index < -0.39 is 6.04 Å². The molecule has 0 aliphatic heterocycles. The molecule has 1 aromatic rings. The van der Waals surface area contributed by atoms with Crippen molar-refractivity contribution in [2.75, 3.05) is 19.4 Å². The summed E-state index contributed by atoms with van der Waals surface area (Å²) >= 11 is 3.18. The second-order valence-electron chi connectivity index (χ2n) is 3.90. The van der Waals surface area contributed by atoms with Crippen molar-refractivity contribution < 1.29 is 4.79 Å². The number of carbonyl (C=O) groups is 1. The summed E-state index contributed by atoms with van der Waals surface area (Å²) in [6, 6.07) is -0.421. The molecule has 1 heterocycles. The Morgan fingerprint density at radius 2 is 2.18 bits per heavy atom. The maximum atomic E-state index is 11.7. The number of rotatable bonds is 3. The topological polar surface area (TPSA) is 67.2 Å². The highest BCUT2D eigenvalue weighted by atomic mass is 79.9. The summed E-state index contributed by atoms with van der Waals surface area (Å²) in [6.45, 7) is 1.73. The van der Waals surface area contributed by atoms with Crippen molar-refractivity contribution in [3.05, 3.63) is 21.0 Å². The number of hydrogen-bond acceptors (Lipinski definition) is 4. The van der Waals surface area contributed by atoms with Crippen LogP contribution in [0.25, 0.3) is 0 Å². The van der Waals surface area contributed by atoms with Gasteiger partial charge in [0.15, 0.2) is 0 Å². The third kappa shape index (κ3) is 3.06. The number of anilines is 1. The number of likely N-dealkylation sites (N-methyl/N-ethyl adjacent to an activating group) is 1. The molecular weight excluding hydrogens is 288 g/mol. The van der Waals surface area contributed by atoms with Crippen LogP contribution in [0.1, 0.15) is 6.92 Å². The summed E-state index contributed by atoms with van der Waals surface area (Å²) in [7, 11) is 4.92. The molecule has 7 heteroatoms. The Kier molecular flexibility index (Phi) is 4.28. The van der Waals surface area contributed by atoms with Crippen LogP contribution in [0.2, 0.25) is 0 Å². The lowest BCUT2D eigenvalue weighted by atomic mass is 10.3. The van der Waals surface area contributed by atoms with E-state index in [2.05, 4.69) is 26.3 Å². The van der Waals surface area contributed by atoms with E-state index in [1.54, 1.807) is 28.1 Å². The molecule has 1 unspecified atom stereocenters. The van der Waals surface area contributed by atoms with Crippen molar-refractivity contribution in [3.63, 3.8) is 0 Å². The van der Waals surface area contributed by atoms with Gasteiger partial charge in [0, 0.05) is 21.1 Å². The SMILES string of the molecule is CC(Nc1cnn(C)c(=O)c1Br)C(=O)N(C)C. The van der Waals surface area contributed by atoms with Gasteiger partial charge in [0.25, 0.3) is 5.56 Å². The second kappa shape index (κ2) is 5.31. The molecule has 0 aliphatic carbocycles. The summed E-state index contributed by atoms with van der Waals surface area (Å²) in [5.41, 5.74) is 0.260. The summed E-state index contributed by atoms with van der Waals surface area (Å²) < 4.78 is 1.58. The molecule has 0 saturated carbocycles. The number of nitrogens with one attached hydrogen (secondary N) is 1. The van der Waals surface area contributed by atoms with E-state index in [0.29, 0.717) is 10.2 Å². The quantitative estimate of drug-likeness (QED) is 0.879. The Bertz CT molecular complexity index is 484. The van der Waals surface area contributed by atoms with Crippen LogP contribution in [0, 0.1) is 0 Å². The van der Waals surface area contributed by atoms with Gasteiger partial charge >= 0.3 is 0 Å². The smallest absolute Gasteiger partial charge is 0.282 e. The number of aromatic nitrogens is 2. The fourth-order valence-electron chi connectivity index (χ4n) is 1.29. The monoisotopic (exact) mass is 302 g/mol. The molecule has 0 spiro atoms.